The first-order chi connectivity index (χ1) is 10.7. The summed E-state index contributed by atoms with van der Waals surface area (Å²) in [6.45, 7) is 1.96. The normalized spacial score (nSPS) is 8.70. The fourth-order valence-corrected chi connectivity index (χ4v) is 1.29. The van der Waals surface area contributed by atoms with Gasteiger partial charge in [0.15, 0.2) is 17.5 Å². The van der Waals surface area contributed by atoms with Gasteiger partial charge in [0, 0.05) is 0 Å². The van der Waals surface area contributed by atoms with Crippen LogP contribution in [0, 0.1) is 6.92 Å². The molecule has 9 heteroatoms. The van der Waals surface area contributed by atoms with Crippen molar-refractivity contribution in [2.75, 3.05) is 0 Å². The maximum Gasteiger partial charge on any atom is 0.631 e. The Morgan fingerprint density at radius 3 is 1.61 bits per heavy atom. The van der Waals surface area contributed by atoms with Gasteiger partial charge in [0.2, 0.25) is 0 Å². The van der Waals surface area contributed by atoms with Gasteiger partial charge in [-0.05, 0) is 30.7 Å². The first-order valence-electron chi connectivity index (χ1n) is 6.40. The van der Waals surface area contributed by atoms with Crippen LogP contribution < -0.4 is 11.5 Å². The van der Waals surface area contributed by atoms with Crippen molar-refractivity contribution < 1.29 is 25.3 Å². The third-order valence-corrected chi connectivity index (χ3v) is 2.25. The molecule has 0 heterocycles. The highest BCUT2D eigenvalue weighted by Gasteiger charge is 1.93. The Labute approximate surface area is 134 Å². The van der Waals surface area contributed by atoms with E-state index in [1.54, 1.807) is 12.1 Å². The molecule has 23 heavy (non-hydrogen) atoms. The largest absolute Gasteiger partial charge is 0.631 e. The molecule has 0 spiro atoms. The monoisotopic (exact) mass is 321 g/mol. The minimum atomic E-state index is -2.17. The number of para-hydroxylation sites is 3. The van der Waals surface area contributed by atoms with Crippen LogP contribution in [0.4, 0.5) is 5.69 Å². The molecule has 0 saturated heterocycles. The second kappa shape index (κ2) is 10.9. The van der Waals surface area contributed by atoms with Crippen LogP contribution in [-0.4, -0.2) is 38.6 Å². The molecular formula is C14H20BN3O5. The molecule has 0 aliphatic rings. The van der Waals surface area contributed by atoms with Gasteiger partial charge in [0.25, 0.3) is 0 Å². The zero-order valence-electron chi connectivity index (χ0n) is 12.5. The van der Waals surface area contributed by atoms with Crippen LogP contribution in [0.5, 0.6) is 11.5 Å². The maximum atomic E-state index is 8.67. The molecule has 9 N–H and O–H groups in total. The van der Waals surface area contributed by atoms with Gasteiger partial charge >= 0.3 is 7.32 Å². The molecule has 0 fully saturated rings. The molecule has 0 saturated carbocycles. The van der Waals surface area contributed by atoms with E-state index in [2.05, 4.69) is 4.99 Å². The number of guanidine groups is 1. The quantitative estimate of drug-likeness (QED) is 0.167. The van der Waals surface area contributed by atoms with E-state index >= 15 is 0 Å². The Bertz CT molecular complexity index is 595. The Morgan fingerprint density at radius 1 is 0.870 bits per heavy atom. The van der Waals surface area contributed by atoms with Crippen LogP contribution in [0.1, 0.15) is 5.56 Å². The molecule has 0 atom stereocenters. The average Bonchev–Trinajstić information content (AvgIpc) is 2.44. The van der Waals surface area contributed by atoms with Gasteiger partial charge in [-0.15, -0.1) is 0 Å². The lowest BCUT2D eigenvalue weighted by Crippen LogP contribution is -2.21. The number of aromatic hydroxyl groups is 2. The van der Waals surface area contributed by atoms with Gasteiger partial charge in [-0.2, -0.15) is 0 Å². The number of nitrogens with two attached hydrogens (primary N) is 2. The van der Waals surface area contributed by atoms with Crippen molar-refractivity contribution >= 4 is 19.0 Å². The Morgan fingerprint density at radius 2 is 1.26 bits per heavy atom. The summed E-state index contributed by atoms with van der Waals surface area (Å²) in [5.41, 5.74) is 12.3. The van der Waals surface area contributed by atoms with Crippen LogP contribution >= 0.6 is 0 Å². The van der Waals surface area contributed by atoms with Crippen molar-refractivity contribution in [1.82, 2.24) is 0 Å². The molecule has 0 amide bonds. The van der Waals surface area contributed by atoms with E-state index in [1.165, 1.54) is 12.1 Å². The van der Waals surface area contributed by atoms with Crippen LogP contribution in [-0.2, 0) is 0 Å². The smallest absolute Gasteiger partial charge is 0.504 e. The van der Waals surface area contributed by atoms with Crippen LogP contribution in [0.15, 0.2) is 53.5 Å². The van der Waals surface area contributed by atoms with Crippen LogP contribution in [0.2, 0.25) is 0 Å². The SMILES string of the molecule is Cc1ccccc1N=C(N)N.OB(O)O.Oc1ccccc1O. The maximum absolute atomic E-state index is 8.67. The average molecular weight is 321 g/mol. The fraction of sp³-hybridized carbons (Fsp3) is 0.0714. The molecule has 0 aliphatic carbocycles. The van der Waals surface area contributed by atoms with Crippen molar-refractivity contribution in [3.8, 4) is 11.5 Å². The lowest BCUT2D eigenvalue weighted by molar-refractivity contribution is 0.278. The molecule has 0 bridgehead atoms. The number of rotatable bonds is 1. The number of benzene rings is 2. The summed E-state index contributed by atoms with van der Waals surface area (Å²) in [6.07, 6.45) is 0. The van der Waals surface area contributed by atoms with Crippen molar-refractivity contribution in [3.63, 3.8) is 0 Å². The van der Waals surface area contributed by atoms with Gasteiger partial charge in [0.1, 0.15) is 0 Å². The molecular weight excluding hydrogens is 301 g/mol. The third-order valence-electron chi connectivity index (χ3n) is 2.25. The molecule has 0 aliphatic heterocycles. The molecule has 0 radical (unpaired) electrons. The third kappa shape index (κ3) is 10.6. The molecule has 0 unspecified atom stereocenters. The zero-order valence-corrected chi connectivity index (χ0v) is 12.5. The second-order valence-corrected chi connectivity index (χ2v) is 4.16. The molecule has 2 aromatic carbocycles. The lowest BCUT2D eigenvalue weighted by atomic mass is 10.2. The number of aliphatic imine (C=N–C) groups is 1. The number of phenols is 2. The van der Waals surface area contributed by atoms with E-state index in [4.69, 9.17) is 36.8 Å². The Balaban J connectivity index is 0.000000354. The second-order valence-electron chi connectivity index (χ2n) is 4.16. The summed E-state index contributed by atoms with van der Waals surface area (Å²) in [5.74, 6) is -0.0562. The number of hydrogen-bond acceptors (Lipinski definition) is 6. The van der Waals surface area contributed by atoms with Gasteiger partial charge < -0.3 is 36.8 Å². The predicted octanol–water partition coefficient (Wildman–Crippen LogP) is -0.0541. The topological polar surface area (TPSA) is 166 Å². The number of phenolic OH excluding ortho intramolecular Hbond substituents is 2. The van der Waals surface area contributed by atoms with E-state index in [-0.39, 0.29) is 17.5 Å². The summed E-state index contributed by atoms with van der Waals surface area (Å²) in [5, 5.41) is 38.8. The van der Waals surface area contributed by atoms with E-state index < -0.39 is 7.32 Å². The highest BCUT2D eigenvalue weighted by molar-refractivity contribution is 6.30. The fourth-order valence-electron chi connectivity index (χ4n) is 1.29. The first kappa shape index (κ1) is 20.3. The van der Waals surface area contributed by atoms with Gasteiger partial charge in [-0.25, -0.2) is 4.99 Å². The summed E-state index contributed by atoms with van der Waals surface area (Å²) < 4.78 is 0. The van der Waals surface area contributed by atoms with E-state index in [9.17, 15) is 0 Å². The summed E-state index contributed by atoms with van der Waals surface area (Å²) in [7, 11) is -2.17. The molecule has 8 nitrogen and oxygen atoms in total. The van der Waals surface area contributed by atoms with Crippen LogP contribution in [0.25, 0.3) is 0 Å². The number of nitrogens with zero attached hydrogens (tertiary/aromatic N) is 1. The van der Waals surface area contributed by atoms with Crippen molar-refractivity contribution in [1.29, 1.82) is 0 Å². The molecule has 2 rings (SSSR count). The standard InChI is InChI=1S/C8H11N3.C6H6O2.BH3O3/c1-6-4-2-3-5-7(6)11-8(9)10;7-5-3-1-2-4-6(5)8;2-1(3)4/h2-5H,1H3,(H4,9,10,11);1-4,7-8H;2-4H. The molecule has 2 aromatic rings. The minimum absolute atomic E-state index is 0.0764. The summed E-state index contributed by atoms with van der Waals surface area (Å²) in [4.78, 5) is 3.93. The Hall–Kier alpha value is -2.75. The Kier molecular flexibility index (Phi) is 9.61. The predicted molar refractivity (Wildman–Crippen MR) is 88.8 cm³/mol. The summed E-state index contributed by atoms with van der Waals surface area (Å²) in [6, 6.07) is 13.8. The van der Waals surface area contributed by atoms with Gasteiger partial charge in [-0.1, -0.05) is 30.3 Å². The summed E-state index contributed by atoms with van der Waals surface area (Å²) >= 11 is 0. The van der Waals surface area contributed by atoms with E-state index in [1.807, 2.05) is 31.2 Å². The first-order valence-corrected chi connectivity index (χ1v) is 6.40. The van der Waals surface area contributed by atoms with Gasteiger partial charge in [0.05, 0.1) is 5.69 Å². The van der Waals surface area contributed by atoms with Crippen molar-refractivity contribution in [2.24, 2.45) is 16.5 Å². The highest BCUT2D eigenvalue weighted by atomic mass is 16.5. The number of aryl methyl sites for hydroxylation is 1. The zero-order chi connectivity index (χ0) is 17.8. The van der Waals surface area contributed by atoms with Crippen LogP contribution in [0.3, 0.4) is 0 Å². The van der Waals surface area contributed by atoms with Crippen molar-refractivity contribution in [2.45, 2.75) is 6.92 Å². The van der Waals surface area contributed by atoms with E-state index in [0.29, 0.717) is 0 Å². The van der Waals surface area contributed by atoms with Gasteiger partial charge in [-0.3, -0.25) is 0 Å². The lowest BCUT2D eigenvalue weighted by Gasteiger charge is -1.97. The minimum Gasteiger partial charge on any atom is -0.504 e. The highest BCUT2D eigenvalue weighted by Crippen LogP contribution is 2.21. The molecule has 0 aromatic heterocycles. The van der Waals surface area contributed by atoms with Crippen molar-refractivity contribution in [3.05, 3.63) is 54.1 Å². The number of hydrogen-bond donors (Lipinski definition) is 7. The van der Waals surface area contributed by atoms with E-state index in [0.717, 1.165) is 11.3 Å². The molecule has 124 valence electrons.